The monoisotopic (exact) mass is 318 g/mol. The first-order valence-corrected chi connectivity index (χ1v) is 10.0. The van der Waals surface area contributed by atoms with Crippen LogP contribution in [0, 0.1) is 0 Å². The normalized spacial score (nSPS) is 23.9. The van der Waals surface area contributed by atoms with Gasteiger partial charge in [0.15, 0.2) is 0 Å². The van der Waals surface area contributed by atoms with Crippen molar-refractivity contribution >= 4 is 0 Å². The molecule has 4 heteroatoms. The third kappa shape index (κ3) is 3.78. The average Bonchev–Trinajstić information content (AvgIpc) is 3.18. The minimum absolute atomic E-state index is 0.583. The minimum Gasteiger partial charge on any atom is -0.290 e. The first-order valence-electron chi connectivity index (χ1n) is 10.0. The van der Waals surface area contributed by atoms with Crippen LogP contribution in [0.1, 0.15) is 95.5 Å². The summed E-state index contributed by atoms with van der Waals surface area (Å²) in [7, 11) is 0. The number of aryl methyl sites for hydroxylation is 1. The van der Waals surface area contributed by atoms with Gasteiger partial charge in [-0.05, 0) is 38.6 Å². The molecule has 0 N–H and O–H groups in total. The summed E-state index contributed by atoms with van der Waals surface area (Å²) in [5, 5.41) is 9.07. The second-order valence-corrected chi connectivity index (χ2v) is 7.46. The fraction of sp³-hybridized carbons (Fsp3) is 0.895. The van der Waals surface area contributed by atoms with Crippen molar-refractivity contribution in [3.05, 3.63) is 11.4 Å². The van der Waals surface area contributed by atoms with Crippen LogP contribution in [0.3, 0.4) is 0 Å². The Labute approximate surface area is 141 Å². The van der Waals surface area contributed by atoms with Crippen LogP contribution in [0.25, 0.3) is 0 Å². The molecule has 1 aromatic heterocycles. The van der Waals surface area contributed by atoms with Gasteiger partial charge in [-0.3, -0.25) is 4.90 Å². The van der Waals surface area contributed by atoms with Gasteiger partial charge < -0.3 is 0 Å². The Morgan fingerprint density at radius 2 is 1.87 bits per heavy atom. The predicted octanol–water partition coefficient (Wildman–Crippen LogP) is 4.50. The Bertz CT molecular complexity index is 482. The fourth-order valence-corrected chi connectivity index (χ4v) is 4.44. The van der Waals surface area contributed by atoms with Crippen LogP contribution in [0.5, 0.6) is 0 Å². The maximum atomic E-state index is 4.56. The van der Waals surface area contributed by atoms with Crippen LogP contribution in [0.2, 0.25) is 0 Å². The molecule has 1 fully saturated rings. The van der Waals surface area contributed by atoms with Gasteiger partial charge >= 0.3 is 0 Å². The van der Waals surface area contributed by atoms with Crippen molar-refractivity contribution in [1.29, 1.82) is 0 Å². The molecule has 2 aliphatic heterocycles. The highest BCUT2D eigenvalue weighted by atomic mass is 15.5. The van der Waals surface area contributed by atoms with Gasteiger partial charge in [-0.15, -0.1) is 5.10 Å². The molecule has 1 aromatic rings. The molecule has 4 nitrogen and oxygen atoms in total. The molecular formula is C19H34N4. The zero-order valence-corrected chi connectivity index (χ0v) is 15.1. The summed E-state index contributed by atoms with van der Waals surface area (Å²) in [5.74, 6) is 0. The van der Waals surface area contributed by atoms with Crippen molar-refractivity contribution in [2.45, 2.75) is 103 Å². The fourth-order valence-electron chi connectivity index (χ4n) is 4.44. The van der Waals surface area contributed by atoms with Crippen molar-refractivity contribution in [3.8, 4) is 0 Å². The molecule has 0 unspecified atom stereocenters. The number of nitrogens with zero attached hydrogens (tertiary/aromatic N) is 4. The van der Waals surface area contributed by atoms with Gasteiger partial charge in [0.25, 0.3) is 0 Å². The zero-order valence-electron chi connectivity index (χ0n) is 15.1. The SMILES string of the molecule is CCCCCCC[C@H]1c2c(CCCC)nnn2C[C@@H]2CCCN21. The molecule has 1 saturated heterocycles. The lowest BCUT2D eigenvalue weighted by atomic mass is 9.96. The van der Waals surface area contributed by atoms with E-state index < -0.39 is 0 Å². The molecule has 2 atom stereocenters. The van der Waals surface area contributed by atoms with Crippen LogP contribution >= 0.6 is 0 Å². The van der Waals surface area contributed by atoms with Crippen LogP contribution in [-0.2, 0) is 13.0 Å². The summed E-state index contributed by atoms with van der Waals surface area (Å²) in [6.45, 7) is 6.90. The van der Waals surface area contributed by atoms with E-state index in [2.05, 4.69) is 33.7 Å². The van der Waals surface area contributed by atoms with E-state index in [9.17, 15) is 0 Å². The molecule has 23 heavy (non-hydrogen) atoms. The van der Waals surface area contributed by atoms with Gasteiger partial charge in [0.05, 0.1) is 24.0 Å². The lowest BCUT2D eigenvalue weighted by Gasteiger charge is -2.38. The smallest absolute Gasteiger partial charge is 0.0875 e. The topological polar surface area (TPSA) is 34.0 Å². The maximum Gasteiger partial charge on any atom is 0.0875 e. The van der Waals surface area contributed by atoms with E-state index in [-0.39, 0.29) is 0 Å². The average molecular weight is 319 g/mol. The Morgan fingerprint density at radius 3 is 2.70 bits per heavy atom. The first-order chi connectivity index (χ1) is 11.3. The molecule has 130 valence electrons. The summed E-state index contributed by atoms with van der Waals surface area (Å²) < 4.78 is 2.26. The number of unbranched alkanes of at least 4 members (excludes halogenated alkanes) is 5. The van der Waals surface area contributed by atoms with Crippen molar-refractivity contribution in [2.24, 2.45) is 0 Å². The van der Waals surface area contributed by atoms with Gasteiger partial charge in [-0.2, -0.15) is 0 Å². The standard InChI is InChI=1S/C19H34N4/c1-3-5-7-8-9-13-18-19-17(12-6-4-2)20-21-23(19)15-16-11-10-14-22(16)18/h16,18H,3-15H2,1-2H3/t16-,18-/m0/s1. The van der Waals surface area contributed by atoms with Gasteiger partial charge in [0, 0.05) is 6.04 Å². The van der Waals surface area contributed by atoms with Crippen molar-refractivity contribution in [1.82, 2.24) is 19.9 Å². The van der Waals surface area contributed by atoms with Gasteiger partial charge in [-0.1, -0.05) is 57.6 Å². The lowest BCUT2D eigenvalue weighted by molar-refractivity contribution is 0.113. The molecule has 0 amide bonds. The highest BCUT2D eigenvalue weighted by Gasteiger charge is 2.39. The maximum absolute atomic E-state index is 4.56. The van der Waals surface area contributed by atoms with E-state index in [1.54, 1.807) is 0 Å². The lowest BCUT2D eigenvalue weighted by Crippen LogP contribution is -2.42. The largest absolute Gasteiger partial charge is 0.290 e. The Balaban J connectivity index is 1.71. The summed E-state index contributed by atoms with van der Waals surface area (Å²) in [6, 6.07) is 1.29. The Morgan fingerprint density at radius 1 is 1.04 bits per heavy atom. The van der Waals surface area contributed by atoms with E-state index in [1.807, 2.05) is 0 Å². The summed E-state index contributed by atoms with van der Waals surface area (Å²) in [6.07, 6.45) is 14.4. The van der Waals surface area contributed by atoms with Crippen LogP contribution in [-0.4, -0.2) is 32.5 Å². The molecule has 0 saturated carbocycles. The third-order valence-electron chi connectivity index (χ3n) is 5.72. The molecule has 0 aromatic carbocycles. The summed E-state index contributed by atoms with van der Waals surface area (Å²) >= 11 is 0. The zero-order chi connectivity index (χ0) is 16.1. The quantitative estimate of drug-likeness (QED) is 0.629. The molecule has 0 spiro atoms. The Kier molecular flexibility index (Phi) is 6.09. The molecular weight excluding hydrogens is 284 g/mol. The molecule has 0 bridgehead atoms. The summed E-state index contributed by atoms with van der Waals surface area (Å²) in [5.41, 5.74) is 2.75. The highest BCUT2D eigenvalue weighted by molar-refractivity contribution is 5.19. The number of hydrogen-bond donors (Lipinski definition) is 0. The summed E-state index contributed by atoms with van der Waals surface area (Å²) in [4.78, 5) is 2.79. The van der Waals surface area contributed by atoms with Gasteiger partial charge in [0.1, 0.15) is 0 Å². The first kappa shape index (κ1) is 16.9. The van der Waals surface area contributed by atoms with Crippen LogP contribution in [0.15, 0.2) is 0 Å². The van der Waals surface area contributed by atoms with Gasteiger partial charge in [0.2, 0.25) is 0 Å². The van der Waals surface area contributed by atoms with E-state index in [0.717, 1.165) is 13.0 Å². The third-order valence-corrected chi connectivity index (χ3v) is 5.72. The van der Waals surface area contributed by atoms with Crippen LogP contribution in [0.4, 0.5) is 0 Å². The van der Waals surface area contributed by atoms with Crippen molar-refractivity contribution < 1.29 is 0 Å². The van der Waals surface area contributed by atoms with E-state index in [4.69, 9.17) is 0 Å². The molecule has 3 rings (SSSR count). The molecule has 0 aliphatic carbocycles. The number of aromatic nitrogens is 3. The van der Waals surface area contributed by atoms with Crippen molar-refractivity contribution in [3.63, 3.8) is 0 Å². The number of hydrogen-bond acceptors (Lipinski definition) is 3. The second kappa shape index (κ2) is 8.27. The number of fused-ring (bicyclic) bond motifs is 2. The van der Waals surface area contributed by atoms with Crippen molar-refractivity contribution in [2.75, 3.05) is 6.54 Å². The van der Waals surface area contributed by atoms with E-state index in [0.29, 0.717) is 12.1 Å². The molecule has 3 heterocycles. The Hall–Kier alpha value is -0.900. The highest BCUT2D eigenvalue weighted by Crippen LogP contribution is 2.39. The second-order valence-electron chi connectivity index (χ2n) is 7.46. The predicted molar refractivity (Wildman–Crippen MR) is 94.5 cm³/mol. The van der Waals surface area contributed by atoms with Gasteiger partial charge in [-0.25, -0.2) is 4.68 Å². The van der Waals surface area contributed by atoms with E-state index >= 15 is 0 Å². The van der Waals surface area contributed by atoms with E-state index in [1.165, 1.54) is 82.1 Å². The number of rotatable bonds is 9. The molecule has 0 radical (unpaired) electrons. The van der Waals surface area contributed by atoms with Crippen LogP contribution < -0.4 is 0 Å². The minimum atomic E-state index is 0.583. The molecule has 2 aliphatic rings.